The summed E-state index contributed by atoms with van der Waals surface area (Å²) in [5.41, 5.74) is -0.680. The Balaban J connectivity index is 4.46. The number of hydrogen-bond donors (Lipinski definition) is 2. The van der Waals surface area contributed by atoms with Crippen LogP contribution in [0.5, 0.6) is 0 Å². The maximum absolute atomic E-state index is 11.5. The van der Waals surface area contributed by atoms with E-state index in [1.54, 1.807) is 27.7 Å². The fourth-order valence-electron chi connectivity index (χ4n) is 1.15. The molecule has 0 aromatic carbocycles. The molecule has 106 valence electrons. The fraction of sp³-hybridized carbons (Fsp3) is 0.818. The van der Waals surface area contributed by atoms with Gasteiger partial charge in [-0.15, -0.1) is 23.2 Å². The Morgan fingerprint density at radius 1 is 1.33 bits per heavy atom. The molecule has 2 N–H and O–H groups in total. The molecule has 0 aliphatic heterocycles. The van der Waals surface area contributed by atoms with Gasteiger partial charge in [-0.05, 0) is 33.1 Å². The minimum Gasteiger partial charge on any atom is -0.480 e. The molecular weight excluding hydrogens is 281 g/mol. The second kappa shape index (κ2) is 7.04. The van der Waals surface area contributed by atoms with E-state index < -0.39 is 28.5 Å². The van der Waals surface area contributed by atoms with Gasteiger partial charge in [0.05, 0.1) is 0 Å². The van der Waals surface area contributed by atoms with Gasteiger partial charge in [0.2, 0.25) is 0 Å². The minimum absolute atomic E-state index is 0.131. The van der Waals surface area contributed by atoms with Gasteiger partial charge in [0, 0.05) is 0 Å². The molecule has 0 radical (unpaired) electrons. The Kier molecular flexibility index (Phi) is 6.78. The molecule has 1 amide bonds. The molecule has 0 aliphatic rings. The molecule has 0 saturated carbocycles. The third kappa shape index (κ3) is 7.61. The summed E-state index contributed by atoms with van der Waals surface area (Å²) in [5.74, 6) is -1.41. The van der Waals surface area contributed by atoms with Crippen molar-refractivity contribution >= 4 is 35.3 Å². The standard InChI is InChI=1S/C11H19Cl2NO4/c1-6(8(12)13)5-7(9(15)16)14-10(17)18-11(2,3)4/h6-8H,5H2,1-4H3,(H,14,17)(H,15,16)/t6-,7-/m0/s1. The van der Waals surface area contributed by atoms with E-state index in [2.05, 4.69) is 5.32 Å². The lowest BCUT2D eigenvalue weighted by Gasteiger charge is -2.23. The summed E-state index contributed by atoms with van der Waals surface area (Å²) in [6.45, 7) is 6.78. The van der Waals surface area contributed by atoms with Gasteiger partial charge < -0.3 is 15.2 Å². The second-order valence-electron chi connectivity index (χ2n) is 5.08. The highest BCUT2D eigenvalue weighted by Gasteiger charge is 2.27. The highest BCUT2D eigenvalue weighted by molar-refractivity contribution is 6.44. The van der Waals surface area contributed by atoms with Gasteiger partial charge in [-0.2, -0.15) is 0 Å². The minimum atomic E-state index is -1.15. The van der Waals surface area contributed by atoms with E-state index in [0.29, 0.717) is 0 Å². The van der Waals surface area contributed by atoms with Crippen molar-refractivity contribution in [3.63, 3.8) is 0 Å². The Hall–Kier alpha value is -0.680. The number of rotatable bonds is 5. The molecule has 0 aromatic rings. The van der Waals surface area contributed by atoms with Crippen LogP contribution in [0, 0.1) is 5.92 Å². The number of carboxylic acids is 1. The van der Waals surface area contributed by atoms with Crippen LogP contribution in [0.25, 0.3) is 0 Å². The predicted octanol–water partition coefficient (Wildman–Crippen LogP) is 2.79. The number of alkyl carbamates (subject to hydrolysis) is 1. The van der Waals surface area contributed by atoms with Gasteiger partial charge in [-0.25, -0.2) is 9.59 Å². The van der Waals surface area contributed by atoms with Crippen LogP contribution >= 0.6 is 23.2 Å². The summed E-state index contributed by atoms with van der Waals surface area (Å²) in [5, 5.41) is 11.3. The summed E-state index contributed by atoms with van der Waals surface area (Å²) < 4.78 is 4.98. The first-order chi connectivity index (χ1) is 8.03. The molecule has 0 spiro atoms. The van der Waals surface area contributed by atoms with E-state index in [0.717, 1.165) is 0 Å². The van der Waals surface area contributed by atoms with E-state index in [1.165, 1.54) is 0 Å². The smallest absolute Gasteiger partial charge is 0.408 e. The number of carbonyl (C=O) groups excluding carboxylic acids is 1. The zero-order valence-corrected chi connectivity index (χ0v) is 12.4. The summed E-state index contributed by atoms with van der Waals surface area (Å²) in [6.07, 6.45) is -0.644. The van der Waals surface area contributed by atoms with Crippen molar-refractivity contribution in [2.45, 2.75) is 50.6 Å². The van der Waals surface area contributed by atoms with Crippen LogP contribution in [-0.2, 0) is 9.53 Å². The lowest BCUT2D eigenvalue weighted by molar-refractivity contribution is -0.139. The zero-order valence-electron chi connectivity index (χ0n) is 10.9. The number of hydrogen-bond acceptors (Lipinski definition) is 3. The highest BCUT2D eigenvalue weighted by Crippen LogP contribution is 2.20. The molecular formula is C11H19Cl2NO4. The van der Waals surface area contributed by atoms with Crippen LogP contribution in [-0.4, -0.2) is 33.6 Å². The highest BCUT2D eigenvalue weighted by atomic mass is 35.5. The zero-order chi connectivity index (χ0) is 14.5. The van der Waals surface area contributed by atoms with Crippen molar-refractivity contribution in [3.05, 3.63) is 0 Å². The normalized spacial score (nSPS) is 15.1. The largest absolute Gasteiger partial charge is 0.480 e. The van der Waals surface area contributed by atoms with Crippen LogP contribution in [0.1, 0.15) is 34.1 Å². The van der Waals surface area contributed by atoms with Crippen molar-refractivity contribution in [2.75, 3.05) is 0 Å². The average Bonchev–Trinajstić information content (AvgIpc) is 2.12. The van der Waals surface area contributed by atoms with Crippen molar-refractivity contribution < 1.29 is 19.4 Å². The van der Waals surface area contributed by atoms with Crippen LogP contribution < -0.4 is 5.32 Å². The number of carbonyl (C=O) groups is 2. The van der Waals surface area contributed by atoms with Crippen molar-refractivity contribution in [2.24, 2.45) is 5.92 Å². The molecule has 0 rings (SSSR count). The number of halogens is 2. The molecule has 0 aliphatic carbocycles. The molecule has 0 fully saturated rings. The number of carboxylic acid groups (broad SMARTS) is 1. The van der Waals surface area contributed by atoms with Crippen LogP contribution in [0.4, 0.5) is 4.79 Å². The molecule has 7 heteroatoms. The monoisotopic (exact) mass is 299 g/mol. The predicted molar refractivity (Wildman–Crippen MR) is 70.1 cm³/mol. The second-order valence-corrected chi connectivity index (χ2v) is 6.25. The molecule has 0 saturated heterocycles. The number of aliphatic carboxylic acids is 1. The van der Waals surface area contributed by atoms with Gasteiger partial charge in [-0.3, -0.25) is 0 Å². The van der Waals surface area contributed by atoms with E-state index in [1.807, 2.05) is 0 Å². The van der Waals surface area contributed by atoms with Crippen LogP contribution in [0.15, 0.2) is 0 Å². The lowest BCUT2D eigenvalue weighted by atomic mass is 10.0. The number of alkyl halides is 2. The number of nitrogens with one attached hydrogen (secondary N) is 1. The summed E-state index contributed by atoms with van der Waals surface area (Å²) in [6, 6.07) is -1.07. The van der Waals surface area contributed by atoms with Gasteiger partial charge in [0.1, 0.15) is 16.5 Å². The topological polar surface area (TPSA) is 75.6 Å². The summed E-state index contributed by atoms with van der Waals surface area (Å²) in [7, 11) is 0. The lowest BCUT2D eigenvalue weighted by Crippen LogP contribution is -2.44. The Labute approximate surface area is 117 Å². The van der Waals surface area contributed by atoms with Gasteiger partial charge in [-0.1, -0.05) is 6.92 Å². The fourth-order valence-corrected chi connectivity index (χ4v) is 1.35. The Morgan fingerprint density at radius 3 is 2.17 bits per heavy atom. The molecule has 0 bridgehead atoms. The first-order valence-corrected chi connectivity index (χ1v) is 6.40. The van der Waals surface area contributed by atoms with Crippen molar-refractivity contribution in [1.82, 2.24) is 5.32 Å². The summed E-state index contributed by atoms with van der Waals surface area (Å²) in [4.78, 5) is 21.8. The van der Waals surface area contributed by atoms with Crippen LogP contribution in [0.2, 0.25) is 0 Å². The Bertz CT molecular complexity index is 302. The quantitative estimate of drug-likeness (QED) is 0.766. The SMILES string of the molecule is C[C@@H](C[C@H](NC(=O)OC(C)(C)C)C(=O)O)C(Cl)Cl. The van der Waals surface area contributed by atoms with E-state index >= 15 is 0 Å². The van der Waals surface area contributed by atoms with Gasteiger partial charge in [0.15, 0.2) is 0 Å². The molecule has 0 aromatic heterocycles. The third-order valence-electron chi connectivity index (χ3n) is 2.03. The maximum atomic E-state index is 11.5. The van der Waals surface area contributed by atoms with E-state index in [4.69, 9.17) is 33.0 Å². The molecule has 0 heterocycles. The summed E-state index contributed by atoms with van der Waals surface area (Å²) >= 11 is 11.3. The average molecular weight is 300 g/mol. The van der Waals surface area contributed by atoms with Crippen molar-refractivity contribution in [1.29, 1.82) is 0 Å². The maximum Gasteiger partial charge on any atom is 0.408 e. The molecule has 5 nitrogen and oxygen atoms in total. The van der Waals surface area contributed by atoms with Gasteiger partial charge >= 0.3 is 12.1 Å². The van der Waals surface area contributed by atoms with E-state index in [-0.39, 0.29) is 12.3 Å². The first kappa shape index (κ1) is 17.3. The van der Waals surface area contributed by atoms with E-state index in [9.17, 15) is 9.59 Å². The Morgan fingerprint density at radius 2 is 1.83 bits per heavy atom. The molecule has 2 atom stereocenters. The van der Waals surface area contributed by atoms with Crippen LogP contribution in [0.3, 0.4) is 0 Å². The molecule has 18 heavy (non-hydrogen) atoms. The van der Waals surface area contributed by atoms with Gasteiger partial charge in [0.25, 0.3) is 0 Å². The molecule has 0 unspecified atom stereocenters. The number of ether oxygens (including phenoxy) is 1. The number of amides is 1. The third-order valence-corrected chi connectivity index (χ3v) is 2.89. The van der Waals surface area contributed by atoms with Crippen molar-refractivity contribution in [3.8, 4) is 0 Å². The first-order valence-electron chi connectivity index (χ1n) is 5.53.